The molecule has 2 heterocycles. The van der Waals surface area contributed by atoms with E-state index in [-0.39, 0.29) is 12.1 Å². The number of carbonyl (C=O) groups is 1. The number of amides is 1. The average molecular weight is 427 g/mol. The van der Waals surface area contributed by atoms with E-state index in [2.05, 4.69) is 32.3 Å². The summed E-state index contributed by atoms with van der Waals surface area (Å²) in [6, 6.07) is 4.65. The first-order valence-corrected chi connectivity index (χ1v) is 11.4. The van der Waals surface area contributed by atoms with Crippen molar-refractivity contribution < 1.29 is 14.3 Å². The number of morpholine rings is 1. The number of nitrogens with zero attached hydrogens (tertiary/aromatic N) is 3. The number of anilines is 1. The molecule has 1 aliphatic carbocycles. The molecule has 0 spiro atoms. The quantitative estimate of drug-likeness (QED) is 0.793. The molecular formula is C24H34N4O3. The molecule has 0 unspecified atom stereocenters. The van der Waals surface area contributed by atoms with E-state index in [1.807, 2.05) is 20.8 Å². The first-order valence-electron chi connectivity index (χ1n) is 11.4. The van der Waals surface area contributed by atoms with E-state index in [0.717, 1.165) is 69.4 Å². The highest BCUT2D eigenvalue weighted by atomic mass is 16.6. The van der Waals surface area contributed by atoms with Gasteiger partial charge in [0.2, 0.25) is 0 Å². The first kappa shape index (κ1) is 21.8. The summed E-state index contributed by atoms with van der Waals surface area (Å²) in [5.74, 6) is 0.585. The summed E-state index contributed by atoms with van der Waals surface area (Å²) >= 11 is 0. The van der Waals surface area contributed by atoms with E-state index >= 15 is 0 Å². The van der Waals surface area contributed by atoms with E-state index in [0.29, 0.717) is 5.92 Å². The Morgan fingerprint density at radius 2 is 1.84 bits per heavy atom. The smallest absolute Gasteiger partial charge is 0.407 e. The van der Waals surface area contributed by atoms with Gasteiger partial charge in [0.15, 0.2) is 0 Å². The number of benzene rings is 1. The molecule has 31 heavy (non-hydrogen) atoms. The van der Waals surface area contributed by atoms with Crippen LogP contribution in [0.3, 0.4) is 0 Å². The van der Waals surface area contributed by atoms with E-state index in [9.17, 15) is 4.79 Å². The third kappa shape index (κ3) is 5.85. The van der Waals surface area contributed by atoms with Crippen molar-refractivity contribution >= 4 is 22.8 Å². The predicted molar refractivity (Wildman–Crippen MR) is 121 cm³/mol. The van der Waals surface area contributed by atoms with Gasteiger partial charge in [0.1, 0.15) is 5.60 Å². The number of hydrogen-bond acceptors (Lipinski definition) is 6. The van der Waals surface area contributed by atoms with Gasteiger partial charge in [-0.25, -0.2) is 4.79 Å². The SMILES string of the molecule is CC(C)(C)OC(=O)NC1CCC(Cc2cc(N3CCOCC3)cc3nccnc23)CC1. The van der Waals surface area contributed by atoms with Crippen molar-refractivity contribution in [1.82, 2.24) is 15.3 Å². The zero-order valence-electron chi connectivity index (χ0n) is 18.9. The largest absolute Gasteiger partial charge is 0.444 e. The molecule has 4 rings (SSSR count). The number of fused-ring (bicyclic) bond motifs is 1. The number of nitrogens with one attached hydrogen (secondary N) is 1. The molecule has 0 radical (unpaired) electrons. The molecule has 1 saturated carbocycles. The summed E-state index contributed by atoms with van der Waals surface area (Å²) in [7, 11) is 0. The molecule has 7 nitrogen and oxygen atoms in total. The molecule has 168 valence electrons. The van der Waals surface area contributed by atoms with Crippen LogP contribution in [0.25, 0.3) is 11.0 Å². The molecule has 2 fully saturated rings. The topological polar surface area (TPSA) is 76.6 Å². The van der Waals surface area contributed by atoms with Gasteiger partial charge < -0.3 is 19.7 Å². The summed E-state index contributed by atoms with van der Waals surface area (Å²) in [6.07, 6.45) is 8.37. The standard InChI is InChI=1S/C24H34N4O3/c1-24(2,3)31-23(29)27-19-6-4-17(5-7-19)14-18-15-20(28-10-12-30-13-11-28)16-21-22(18)26-9-8-25-21/h8-9,15-17,19H,4-7,10-14H2,1-3H3,(H,27,29). The van der Waals surface area contributed by atoms with Crippen molar-refractivity contribution in [2.24, 2.45) is 5.92 Å². The van der Waals surface area contributed by atoms with Gasteiger partial charge in [-0.15, -0.1) is 0 Å². The minimum atomic E-state index is -0.463. The zero-order valence-corrected chi connectivity index (χ0v) is 18.9. The highest BCUT2D eigenvalue weighted by Gasteiger charge is 2.26. The Morgan fingerprint density at radius 1 is 1.13 bits per heavy atom. The van der Waals surface area contributed by atoms with Crippen molar-refractivity contribution in [3.05, 3.63) is 30.1 Å². The third-order valence-electron chi connectivity index (χ3n) is 6.09. The van der Waals surface area contributed by atoms with Gasteiger partial charge in [-0.3, -0.25) is 9.97 Å². The van der Waals surface area contributed by atoms with Gasteiger partial charge in [-0.2, -0.15) is 0 Å². The summed E-state index contributed by atoms with van der Waals surface area (Å²) in [5.41, 5.74) is 3.99. The maximum Gasteiger partial charge on any atom is 0.407 e. The number of carbonyl (C=O) groups excluding carboxylic acids is 1. The average Bonchev–Trinajstić information content (AvgIpc) is 2.74. The van der Waals surface area contributed by atoms with Crippen LogP contribution in [-0.4, -0.2) is 54.0 Å². The summed E-state index contributed by atoms with van der Waals surface area (Å²) in [4.78, 5) is 23.7. The van der Waals surface area contributed by atoms with E-state index in [1.165, 1.54) is 11.3 Å². The molecule has 0 bridgehead atoms. The monoisotopic (exact) mass is 426 g/mol. The maximum atomic E-state index is 12.1. The van der Waals surface area contributed by atoms with Gasteiger partial charge >= 0.3 is 6.09 Å². The first-order chi connectivity index (χ1) is 14.9. The highest BCUT2D eigenvalue weighted by molar-refractivity contribution is 5.82. The number of aromatic nitrogens is 2. The number of ether oxygens (including phenoxy) is 2. The molecule has 1 amide bonds. The summed E-state index contributed by atoms with van der Waals surface area (Å²) in [5, 5.41) is 3.04. The number of alkyl carbamates (subject to hydrolysis) is 1. The van der Waals surface area contributed by atoms with Crippen LogP contribution in [0.15, 0.2) is 24.5 Å². The molecule has 2 aromatic rings. The molecule has 1 aliphatic heterocycles. The van der Waals surface area contributed by atoms with Gasteiger partial charge in [0, 0.05) is 37.2 Å². The molecule has 1 aromatic carbocycles. The van der Waals surface area contributed by atoms with E-state index in [4.69, 9.17) is 9.47 Å². The van der Waals surface area contributed by atoms with Gasteiger partial charge in [0.25, 0.3) is 0 Å². The molecule has 7 heteroatoms. The fourth-order valence-electron chi connectivity index (χ4n) is 4.59. The molecule has 1 saturated heterocycles. The van der Waals surface area contributed by atoms with Crippen LogP contribution in [0.4, 0.5) is 10.5 Å². The van der Waals surface area contributed by atoms with Crippen LogP contribution in [0, 0.1) is 5.92 Å². The summed E-state index contributed by atoms with van der Waals surface area (Å²) in [6.45, 7) is 9.02. The van der Waals surface area contributed by atoms with Crippen molar-refractivity contribution in [3.8, 4) is 0 Å². The van der Waals surface area contributed by atoms with Crippen molar-refractivity contribution in [2.75, 3.05) is 31.2 Å². The number of rotatable bonds is 4. The molecular weight excluding hydrogens is 392 g/mol. The Morgan fingerprint density at radius 3 is 2.55 bits per heavy atom. The zero-order chi connectivity index (χ0) is 21.8. The normalized spacial score (nSPS) is 22.4. The fraction of sp³-hybridized carbons (Fsp3) is 0.625. The molecule has 1 N–H and O–H groups in total. The highest BCUT2D eigenvalue weighted by Crippen LogP contribution is 2.32. The third-order valence-corrected chi connectivity index (χ3v) is 6.09. The molecule has 1 aromatic heterocycles. The van der Waals surface area contributed by atoms with Crippen LogP contribution in [-0.2, 0) is 15.9 Å². The second-order valence-corrected chi connectivity index (χ2v) is 9.70. The van der Waals surface area contributed by atoms with Crippen molar-refractivity contribution in [1.29, 1.82) is 0 Å². The van der Waals surface area contributed by atoms with Crippen LogP contribution in [0.5, 0.6) is 0 Å². The maximum absolute atomic E-state index is 12.1. The van der Waals surface area contributed by atoms with Crippen molar-refractivity contribution in [2.45, 2.75) is 64.5 Å². The van der Waals surface area contributed by atoms with Gasteiger partial charge in [0.05, 0.1) is 24.2 Å². The second kappa shape index (κ2) is 9.39. The van der Waals surface area contributed by atoms with Crippen LogP contribution in [0.1, 0.15) is 52.0 Å². The lowest BCUT2D eigenvalue weighted by atomic mass is 9.82. The fourth-order valence-corrected chi connectivity index (χ4v) is 4.59. The summed E-state index contributed by atoms with van der Waals surface area (Å²) < 4.78 is 10.9. The molecule has 2 aliphatic rings. The van der Waals surface area contributed by atoms with Crippen LogP contribution >= 0.6 is 0 Å². The van der Waals surface area contributed by atoms with E-state index < -0.39 is 5.60 Å². The second-order valence-electron chi connectivity index (χ2n) is 9.70. The molecule has 0 atom stereocenters. The minimum Gasteiger partial charge on any atom is -0.444 e. The Balaban J connectivity index is 1.41. The predicted octanol–water partition coefficient (Wildman–Crippen LogP) is 4.09. The Hall–Kier alpha value is -2.41. The minimum absolute atomic E-state index is 0.197. The van der Waals surface area contributed by atoms with Gasteiger partial charge in [-0.05, 0) is 76.5 Å². The lowest BCUT2D eigenvalue weighted by Crippen LogP contribution is -2.41. The van der Waals surface area contributed by atoms with Gasteiger partial charge in [-0.1, -0.05) is 0 Å². The number of hydrogen-bond donors (Lipinski definition) is 1. The lowest BCUT2D eigenvalue weighted by molar-refractivity contribution is 0.0487. The lowest BCUT2D eigenvalue weighted by Gasteiger charge is -2.31. The Kier molecular flexibility index (Phi) is 6.60. The Bertz CT molecular complexity index is 897. The van der Waals surface area contributed by atoms with Crippen LogP contribution < -0.4 is 10.2 Å². The Labute approximate surface area is 184 Å². The van der Waals surface area contributed by atoms with E-state index in [1.54, 1.807) is 12.4 Å². The van der Waals surface area contributed by atoms with Crippen LogP contribution in [0.2, 0.25) is 0 Å². The van der Waals surface area contributed by atoms with Crippen molar-refractivity contribution in [3.63, 3.8) is 0 Å².